The van der Waals surface area contributed by atoms with Crippen LogP contribution in [0.2, 0.25) is 118 Å². The Morgan fingerprint density at radius 3 is 1.15 bits per heavy atom. The third kappa shape index (κ3) is 9.34. The second-order valence-corrected chi connectivity index (χ2v) is 65.1. The van der Waals surface area contributed by atoms with E-state index >= 15 is 13.2 Å². The summed E-state index contributed by atoms with van der Waals surface area (Å²) < 4.78 is 82.1. The minimum absolute atomic E-state index is 0.127. The van der Waals surface area contributed by atoms with Gasteiger partial charge in [0.1, 0.15) is 0 Å². The molecule has 3 aromatic rings. The Kier molecular flexibility index (Phi) is 12.8. The predicted molar refractivity (Wildman–Crippen MR) is 251 cm³/mol. The summed E-state index contributed by atoms with van der Waals surface area (Å²) in [5.41, 5.74) is -0.255. The zero-order valence-corrected chi connectivity index (χ0v) is 45.9. The van der Waals surface area contributed by atoms with Crippen LogP contribution in [0.4, 0.5) is 13.2 Å². The van der Waals surface area contributed by atoms with Crippen molar-refractivity contribution in [3.05, 3.63) is 88.5 Å². The normalized spacial score (nSPS) is 16.1. The third-order valence-electron chi connectivity index (χ3n) is 11.4. The second-order valence-electron chi connectivity index (χ2n) is 22.7. The molecular weight excluding hydrogens is 871 g/mol. The molecule has 14 heteroatoms. The van der Waals surface area contributed by atoms with Gasteiger partial charge in [0.25, 0.3) is 0 Å². The maximum absolute atomic E-state index is 15.1. The molecule has 0 saturated heterocycles. The molecule has 0 spiro atoms. The van der Waals surface area contributed by atoms with Crippen LogP contribution in [0.5, 0.6) is 0 Å². The van der Waals surface area contributed by atoms with Gasteiger partial charge in [0.2, 0.25) is 0 Å². The summed E-state index contributed by atoms with van der Waals surface area (Å²) in [6.07, 6.45) is 0.516. The fraction of sp³-hybridized carbons (Fsp3) is 0.561. The molecule has 0 unspecified atom stereocenters. The van der Waals surface area contributed by atoms with Crippen molar-refractivity contribution >= 4 is 85.4 Å². The number of hydrogen-bond donors (Lipinski definition) is 0. The number of benzene rings is 3. The van der Waals surface area contributed by atoms with Crippen molar-refractivity contribution in [2.75, 3.05) is 0 Å². The Hall–Kier alpha value is -0.796. The molecule has 1 heterocycles. The van der Waals surface area contributed by atoms with Crippen molar-refractivity contribution in [1.29, 1.82) is 0 Å². The molecule has 0 atom stereocenters. The molecule has 3 aromatic carbocycles. The summed E-state index contributed by atoms with van der Waals surface area (Å²) in [7, 11) is -18.4. The number of hydrogen-bond acceptors (Lipinski definition) is 3. The van der Waals surface area contributed by atoms with E-state index < -0.39 is 77.7 Å². The first-order valence-corrected chi connectivity index (χ1v) is 46.7. The Balaban J connectivity index is 2.58. The van der Waals surface area contributed by atoms with E-state index in [0.717, 1.165) is 26.6 Å². The van der Waals surface area contributed by atoms with Gasteiger partial charge in [-0.05, 0) is 0 Å². The van der Waals surface area contributed by atoms with E-state index in [2.05, 4.69) is 130 Å². The van der Waals surface area contributed by atoms with Gasteiger partial charge in [-0.3, -0.25) is 0 Å². The molecule has 4 rings (SSSR count). The molecule has 0 N–H and O–H groups in total. The molecule has 306 valence electrons. The zero-order chi connectivity index (χ0) is 42.3. The van der Waals surface area contributed by atoms with Crippen LogP contribution in [-0.4, -0.2) is 76.0 Å². The predicted octanol–water partition coefficient (Wildman–Crippen LogP) is 10.9. The van der Waals surface area contributed by atoms with Crippen LogP contribution < -0.4 is 13.2 Å². The van der Waals surface area contributed by atoms with Gasteiger partial charge >= 0.3 is 344 Å². The van der Waals surface area contributed by atoms with E-state index in [1.54, 1.807) is 0 Å². The molecule has 55 heavy (non-hydrogen) atoms. The van der Waals surface area contributed by atoms with E-state index in [1.165, 1.54) is 5.56 Å². The van der Waals surface area contributed by atoms with Crippen molar-refractivity contribution in [2.45, 2.75) is 145 Å². The molecule has 0 aromatic heterocycles. The molecule has 3 nitrogen and oxygen atoms in total. The van der Waals surface area contributed by atoms with Gasteiger partial charge in [0.05, 0.1) is 0 Å². The van der Waals surface area contributed by atoms with Gasteiger partial charge in [-0.1, -0.05) is 0 Å². The summed E-state index contributed by atoms with van der Waals surface area (Å²) in [5.74, 6) is 0. The molecular formula is C41H69F3GeO3SSi6. The maximum atomic E-state index is 15.1. The Morgan fingerprint density at radius 1 is 0.545 bits per heavy atom. The van der Waals surface area contributed by atoms with Crippen LogP contribution in [0.25, 0.3) is 0 Å². The Labute approximate surface area is 341 Å². The molecule has 1 aliphatic rings. The van der Waals surface area contributed by atoms with Crippen molar-refractivity contribution in [1.82, 2.24) is 0 Å². The molecule has 1 aliphatic heterocycles. The van der Waals surface area contributed by atoms with Gasteiger partial charge in [0.15, 0.2) is 0 Å². The van der Waals surface area contributed by atoms with Crippen molar-refractivity contribution in [3.8, 4) is 0 Å². The second kappa shape index (κ2) is 15.0. The van der Waals surface area contributed by atoms with Crippen LogP contribution in [0.3, 0.4) is 0 Å². The number of alkyl halides is 3. The average molecular weight is 940 g/mol. The van der Waals surface area contributed by atoms with Gasteiger partial charge in [-0.25, -0.2) is 0 Å². The van der Waals surface area contributed by atoms with Gasteiger partial charge in [-0.15, -0.1) is 0 Å². The number of fused-ring (bicyclic) bond motifs is 2. The van der Waals surface area contributed by atoms with Crippen molar-refractivity contribution < 1.29 is 24.8 Å². The van der Waals surface area contributed by atoms with E-state index in [1.807, 2.05) is 48.5 Å². The quantitative estimate of drug-likeness (QED) is 0.134. The van der Waals surface area contributed by atoms with Crippen LogP contribution in [0.1, 0.15) is 43.3 Å². The summed E-state index contributed by atoms with van der Waals surface area (Å²) in [4.78, 5) is 0. The zero-order valence-electron chi connectivity index (χ0n) is 37.0. The summed E-state index contributed by atoms with van der Waals surface area (Å²) in [6.45, 7) is 43.7. The molecule has 0 amide bonds. The van der Waals surface area contributed by atoms with Crippen molar-refractivity contribution in [3.63, 3.8) is 0 Å². The summed E-state index contributed by atoms with van der Waals surface area (Å²) in [5, 5.41) is 0.638. The molecule has 0 bridgehead atoms. The van der Waals surface area contributed by atoms with Gasteiger partial charge < -0.3 is 0 Å². The summed E-state index contributed by atoms with van der Waals surface area (Å²) in [6, 6.07) is 20.3. The third-order valence-corrected chi connectivity index (χ3v) is 51.2. The van der Waals surface area contributed by atoms with E-state index in [4.69, 9.17) is 3.21 Å². The van der Waals surface area contributed by atoms with Gasteiger partial charge in [-0.2, -0.15) is 0 Å². The SMILES string of the molecule is C[Si](C)(C)C(c1cc(C([Si](C)(C)C)[Si](C)(C)C)[c]([Ge]2([O]S(=O)(=O)C(F)(F)F)[c]3ccccc3Cc3cccc[c]32)c(C([Si](C)(C)C)[Si](C)(C)C)c1)[Si](C)(C)C. The minimum atomic E-state index is -6.05. The topological polar surface area (TPSA) is 43.4 Å². The Bertz CT molecular complexity index is 1870. The van der Waals surface area contributed by atoms with Crippen LogP contribution in [-0.2, 0) is 19.7 Å². The first-order chi connectivity index (χ1) is 24.5. The first-order valence-electron chi connectivity index (χ1n) is 19.8. The fourth-order valence-electron chi connectivity index (χ4n) is 11.5. The summed E-state index contributed by atoms with van der Waals surface area (Å²) >= 11 is -5.38. The average Bonchev–Trinajstić information content (AvgIpc) is 2.91. The molecule has 0 fully saturated rings. The molecule has 0 radical (unpaired) electrons. The van der Waals surface area contributed by atoms with Crippen LogP contribution >= 0.6 is 0 Å². The van der Waals surface area contributed by atoms with E-state index in [0.29, 0.717) is 20.4 Å². The van der Waals surface area contributed by atoms with E-state index in [-0.39, 0.29) is 10.3 Å². The molecule has 0 saturated carbocycles. The molecule has 0 aliphatic carbocycles. The standard InChI is InChI=1S/C41H69F3GeO3SSi6/c1-50(2,3)38(51(4,5)6)32-28-33(39(52(7,8)9)53(10,11)12)37(34(29-32)40(54(13,14)15)55(16,17)18)45(48-49(46,47)41(42,43)44)35-25-21-19-23-30(35)27-31-24-20-22-26-36(31)45/h19-26,28-29,38-40H,27H2,1-18H3. The van der Waals surface area contributed by atoms with Crippen LogP contribution in [0.15, 0.2) is 60.7 Å². The first kappa shape index (κ1) is 46.9. The number of halogens is 3. The van der Waals surface area contributed by atoms with Crippen molar-refractivity contribution in [2.24, 2.45) is 0 Å². The fourth-order valence-corrected chi connectivity index (χ4v) is 64.2. The number of rotatable bonds is 12. The van der Waals surface area contributed by atoms with E-state index in [9.17, 15) is 8.42 Å². The monoisotopic (exact) mass is 940 g/mol. The van der Waals surface area contributed by atoms with Gasteiger partial charge in [0, 0.05) is 0 Å². The van der Waals surface area contributed by atoms with Crippen LogP contribution in [0, 0.1) is 0 Å². The Morgan fingerprint density at radius 2 is 0.855 bits per heavy atom.